The van der Waals surface area contributed by atoms with Crippen molar-refractivity contribution < 1.29 is 34.5 Å². The lowest BCUT2D eigenvalue weighted by Crippen LogP contribution is -2.75. The Balaban J connectivity index is 1.58. The maximum absolute atomic E-state index is 14.0. The lowest BCUT2D eigenvalue weighted by atomic mass is 9.52. The molecule has 2 saturated carbocycles. The number of hydrogen-bond donors (Lipinski definition) is 4. The number of aromatic hydroxyl groups is 1. The molecule has 0 radical (unpaired) electrons. The van der Waals surface area contributed by atoms with E-state index in [4.69, 9.17) is 5.73 Å². The SMILES string of the molecule is C=C(CC)Cc1ccc(-c2ccc(O)c3c2C[C@@H]2C[C@@H]4C(N(C)C)C(O)C(C(N)=O)C(=O)[C@]4(O)C(=O)C2C3=O)cc1. The summed E-state index contributed by atoms with van der Waals surface area (Å²) < 4.78 is 0. The number of aliphatic hydroxyl groups excluding tert-OH is 1. The molecule has 1 amide bonds. The van der Waals surface area contributed by atoms with Crippen LogP contribution >= 0.6 is 0 Å². The van der Waals surface area contributed by atoms with Gasteiger partial charge in [0, 0.05) is 12.0 Å². The molecule has 3 aliphatic carbocycles. The number of fused-ring (bicyclic) bond motifs is 3. The highest BCUT2D eigenvalue weighted by molar-refractivity contribution is 6.25. The minimum absolute atomic E-state index is 0.00138. The van der Waals surface area contributed by atoms with Crippen LogP contribution in [0.15, 0.2) is 48.6 Å². The molecule has 0 aromatic heterocycles. The predicted octanol–water partition coefficient (Wildman–Crippen LogP) is 1.83. The number of carbonyl (C=O) groups excluding carboxylic acids is 4. The van der Waals surface area contributed by atoms with Crippen molar-refractivity contribution >= 4 is 23.3 Å². The van der Waals surface area contributed by atoms with Gasteiger partial charge in [0.15, 0.2) is 23.0 Å². The van der Waals surface area contributed by atoms with Gasteiger partial charge in [-0.3, -0.25) is 19.2 Å². The monoisotopic (exact) mass is 560 g/mol. The first-order valence-electron chi connectivity index (χ1n) is 13.9. The number of nitrogens with two attached hydrogens (primary N) is 1. The molecule has 7 atom stereocenters. The zero-order valence-electron chi connectivity index (χ0n) is 23.5. The summed E-state index contributed by atoms with van der Waals surface area (Å²) in [5.74, 6) is -9.12. The molecule has 5 N–H and O–H groups in total. The van der Waals surface area contributed by atoms with Crippen molar-refractivity contribution in [2.24, 2.45) is 29.4 Å². The third-order valence-electron chi connectivity index (χ3n) is 9.39. The molecule has 41 heavy (non-hydrogen) atoms. The summed E-state index contributed by atoms with van der Waals surface area (Å²) >= 11 is 0. The lowest BCUT2D eigenvalue weighted by Gasteiger charge is -2.54. The Labute approximate surface area is 238 Å². The number of rotatable bonds is 6. The van der Waals surface area contributed by atoms with Gasteiger partial charge in [0.1, 0.15) is 11.7 Å². The van der Waals surface area contributed by atoms with E-state index in [0.717, 1.165) is 35.1 Å². The van der Waals surface area contributed by atoms with Crippen molar-refractivity contribution in [3.05, 3.63) is 65.2 Å². The number of likely N-dealkylation sites (N-methyl/N-ethyl adjacent to an activating group) is 1. The average Bonchev–Trinajstić information content (AvgIpc) is 2.91. The summed E-state index contributed by atoms with van der Waals surface area (Å²) in [5, 5.41) is 33.5. The molecular weight excluding hydrogens is 524 g/mol. The van der Waals surface area contributed by atoms with Crippen molar-refractivity contribution in [2.45, 2.75) is 50.4 Å². The Morgan fingerprint density at radius 1 is 1.10 bits per heavy atom. The number of benzene rings is 2. The topological polar surface area (TPSA) is 158 Å². The van der Waals surface area contributed by atoms with Gasteiger partial charge in [0.05, 0.1) is 17.6 Å². The van der Waals surface area contributed by atoms with E-state index >= 15 is 0 Å². The molecular formula is C32H36N2O7. The van der Waals surface area contributed by atoms with Crippen LogP contribution in [0.4, 0.5) is 0 Å². The van der Waals surface area contributed by atoms with E-state index in [2.05, 4.69) is 13.5 Å². The van der Waals surface area contributed by atoms with E-state index in [1.54, 1.807) is 25.1 Å². The number of allylic oxidation sites excluding steroid dienone is 1. The van der Waals surface area contributed by atoms with Crippen LogP contribution < -0.4 is 5.73 Å². The minimum atomic E-state index is -2.67. The molecule has 5 rings (SSSR count). The summed E-state index contributed by atoms with van der Waals surface area (Å²) in [6.45, 7) is 6.12. The first kappa shape index (κ1) is 28.9. The van der Waals surface area contributed by atoms with Gasteiger partial charge < -0.3 is 26.0 Å². The Morgan fingerprint density at radius 2 is 1.76 bits per heavy atom. The van der Waals surface area contributed by atoms with E-state index in [1.807, 2.05) is 24.3 Å². The van der Waals surface area contributed by atoms with E-state index in [-0.39, 0.29) is 24.2 Å². The summed E-state index contributed by atoms with van der Waals surface area (Å²) in [4.78, 5) is 55.1. The van der Waals surface area contributed by atoms with Gasteiger partial charge in [-0.25, -0.2) is 0 Å². The van der Waals surface area contributed by atoms with Crippen molar-refractivity contribution in [1.82, 2.24) is 4.90 Å². The molecule has 3 aliphatic rings. The van der Waals surface area contributed by atoms with Gasteiger partial charge in [-0.15, -0.1) is 0 Å². The van der Waals surface area contributed by atoms with E-state index in [1.165, 1.54) is 6.07 Å². The molecule has 0 spiro atoms. The van der Waals surface area contributed by atoms with Crippen LogP contribution in [0.5, 0.6) is 5.75 Å². The highest BCUT2D eigenvalue weighted by Gasteiger charge is 2.69. The van der Waals surface area contributed by atoms with Crippen LogP contribution in [0.2, 0.25) is 0 Å². The second-order valence-corrected chi connectivity index (χ2v) is 11.9. The Bertz CT molecular complexity index is 1460. The molecule has 9 nitrogen and oxygen atoms in total. The molecule has 2 aromatic carbocycles. The number of ketones is 3. The quantitative estimate of drug-likeness (QED) is 0.308. The molecule has 0 bridgehead atoms. The minimum Gasteiger partial charge on any atom is -0.507 e. The molecule has 2 fully saturated rings. The number of aliphatic hydroxyl groups is 2. The standard InChI is InChI=1S/C32H36N2O7/c1-5-15(2)12-16-6-8-17(9-7-16)19-10-11-22(35)24-20(19)13-18-14-21-26(34(3)4)28(37)25(31(33)40)30(39)32(21,41)29(38)23(18)27(24)36/h6-11,18,21,23,25-26,28,35,37,41H,2,5,12-14H2,1,3-4H3,(H2,33,40)/t18-,21-,23?,25?,26?,28?,32-/m1/s1. The highest BCUT2D eigenvalue weighted by atomic mass is 16.3. The largest absolute Gasteiger partial charge is 0.507 e. The lowest BCUT2D eigenvalue weighted by molar-refractivity contribution is -0.190. The van der Waals surface area contributed by atoms with Gasteiger partial charge in [-0.1, -0.05) is 49.4 Å². The predicted molar refractivity (Wildman–Crippen MR) is 151 cm³/mol. The van der Waals surface area contributed by atoms with E-state index in [9.17, 15) is 34.5 Å². The second-order valence-electron chi connectivity index (χ2n) is 11.9. The van der Waals surface area contributed by atoms with Gasteiger partial charge in [0.2, 0.25) is 5.91 Å². The Hall–Kier alpha value is -3.66. The average molecular weight is 561 g/mol. The molecule has 0 saturated heterocycles. The number of amides is 1. The zero-order valence-corrected chi connectivity index (χ0v) is 23.5. The maximum atomic E-state index is 14.0. The van der Waals surface area contributed by atoms with Crippen LogP contribution in [-0.4, -0.2) is 75.3 Å². The smallest absolute Gasteiger partial charge is 0.230 e. The van der Waals surface area contributed by atoms with E-state index in [0.29, 0.717) is 5.56 Å². The van der Waals surface area contributed by atoms with Crippen molar-refractivity contribution in [2.75, 3.05) is 14.1 Å². The van der Waals surface area contributed by atoms with Crippen LogP contribution in [0.1, 0.15) is 41.3 Å². The number of phenols is 1. The zero-order chi connectivity index (χ0) is 30.0. The third kappa shape index (κ3) is 4.34. The fourth-order valence-electron chi connectivity index (χ4n) is 7.31. The first-order valence-corrected chi connectivity index (χ1v) is 13.9. The van der Waals surface area contributed by atoms with Crippen molar-refractivity contribution in [3.63, 3.8) is 0 Å². The van der Waals surface area contributed by atoms with Gasteiger partial charge >= 0.3 is 0 Å². The van der Waals surface area contributed by atoms with Crippen LogP contribution in [-0.2, 0) is 27.2 Å². The Morgan fingerprint density at radius 3 is 2.34 bits per heavy atom. The van der Waals surface area contributed by atoms with Crippen LogP contribution in [0, 0.1) is 23.7 Å². The fourth-order valence-corrected chi connectivity index (χ4v) is 7.31. The number of nitrogens with zero attached hydrogens (tertiary/aromatic N) is 1. The van der Waals surface area contributed by atoms with Crippen LogP contribution in [0.25, 0.3) is 11.1 Å². The summed E-state index contributed by atoms with van der Waals surface area (Å²) in [6.07, 6.45) is 0.424. The number of phenolic OH excluding ortho intramolecular Hbond substituents is 1. The fraction of sp³-hybridized carbons (Fsp3) is 0.438. The van der Waals surface area contributed by atoms with Gasteiger partial charge in [-0.2, -0.15) is 0 Å². The molecule has 0 heterocycles. The first-order chi connectivity index (χ1) is 19.3. The summed E-state index contributed by atoms with van der Waals surface area (Å²) in [6, 6.07) is 10.1. The van der Waals surface area contributed by atoms with Gasteiger partial charge in [-0.05, 0) is 74.0 Å². The maximum Gasteiger partial charge on any atom is 0.230 e. The van der Waals surface area contributed by atoms with Crippen molar-refractivity contribution in [3.8, 4) is 16.9 Å². The van der Waals surface area contributed by atoms with Crippen molar-refractivity contribution in [1.29, 1.82) is 0 Å². The molecule has 0 aliphatic heterocycles. The Kier molecular flexibility index (Phi) is 7.26. The summed E-state index contributed by atoms with van der Waals surface area (Å²) in [7, 11) is 3.24. The molecule has 9 heteroatoms. The molecule has 2 aromatic rings. The number of Topliss-reactive ketones (excluding diaryl/α,β-unsaturated/α-hetero) is 3. The normalized spacial score (nSPS) is 30.9. The highest BCUT2D eigenvalue weighted by Crippen LogP contribution is 2.52. The summed E-state index contributed by atoms with van der Waals surface area (Å²) in [5.41, 5.74) is 7.16. The van der Waals surface area contributed by atoms with Gasteiger partial charge in [0.25, 0.3) is 0 Å². The number of carbonyl (C=O) groups is 4. The molecule has 4 unspecified atom stereocenters. The van der Waals surface area contributed by atoms with Crippen LogP contribution in [0.3, 0.4) is 0 Å². The number of primary amides is 1. The van der Waals surface area contributed by atoms with E-state index < -0.39 is 64.7 Å². The second kappa shape index (κ2) is 10.3. The number of hydrogen-bond acceptors (Lipinski definition) is 8. The molecule has 216 valence electrons. The third-order valence-corrected chi connectivity index (χ3v) is 9.39.